The fourth-order valence-electron chi connectivity index (χ4n) is 1.19. The van der Waals surface area contributed by atoms with Gasteiger partial charge in [0.05, 0.1) is 0 Å². The number of benzene rings is 1. The van der Waals surface area contributed by atoms with Gasteiger partial charge in [-0.25, -0.2) is 0 Å². The van der Waals surface area contributed by atoms with E-state index in [2.05, 4.69) is 0 Å². The van der Waals surface area contributed by atoms with Crippen LogP contribution in [0.2, 0.25) is 0 Å². The summed E-state index contributed by atoms with van der Waals surface area (Å²) in [6, 6.07) is 9.48. The van der Waals surface area contributed by atoms with Crippen LogP contribution < -0.4 is 0 Å². The summed E-state index contributed by atoms with van der Waals surface area (Å²) in [5.41, 5.74) is 0.861. The first kappa shape index (κ1) is 10.6. The Bertz CT molecular complexity index is 291. The standard InChI is InChI=1S/C11H14O4/c1-8(2)10-12-14-11(15-13-10)9-6-4-3-5-7-9/h3-8,10-11H,1-2H3. The molecule has 82 valence electrons. The molecule has 0 N–H and O–H groups in total. The smallest absolute Gasteiger partial charge is 0.198 e. The maximum atomic E-state index is 5.09. The lowest BCUT2D eigenvalue weighted by molar-refractivity contribution is -0.600. The molecule has 0 saturated carbocycles. The molecule has 0 aromatic heterocycles. The molecule has 0 bridgehead atoms. The van der Waals surface area contributed by atoms with Crippen LogP contribution in [0.15, 0.2) is 30.3 Å². The summed E-state index contributed by atoms with van der Waals surface area (Å²) in [6.45, 7) is 3.92. The number of rotatable bonds is 2. The molecule has 0 radical (unpaired) electrons. The summed E-state index contributed by atoms with van der Waals surface area (Å²) in [5.74, 6) is 0.182. The highest BCUT2D eigenvalue weighted by Gasteiger charge is 2.28. The lowest BCUT2D eigenvalue weighted by atomic mass is 10.2. The largest absolute Gasteiger partial charge is 0.249 e. The molecular formula is C11H14O4. The van der Waals surface area contributed by atoms with E-state index in [0.717, 1.165) is 5.56 Å². The number of hydrogen-bond acceptors (Lipinski definition) is 4. The van der Waals surface area contributed by atoms with Gasteiger partial charge in [-0.2, -0.15) is 19.6 Å². The SMILES string of the molecule is CC(C)C1OOC(c2ccccc2)OO1. The van der Waals surface area contributed by atoms with Crippen molar-refractivity contribution in [3.8, 4) is 0 Å². The van der Waals surface area contributed by atoms with Crippen LogP contribution in [0.4, 0.5) is 0 Å². The van der Waals surface area contributed by atoms with Crippen LogP contribution in [-0.2, 0) is 19.6 Å². The van der Waals surface area contributed by atoms with Crippen molar-refractivity contribution in [2.75, 3.05) is 0 Å². The number of hydrogen-bond donors (Lipinski definition) is 0. The molecule has 0 amide bonds. The van der Waals surface area contributed by atoms with Gasteiger partial charge in [0.25, 0.3) is 0 Å². The van der Waals surface area contributed by atoms with Gasteiger partial charge < -0.3 is 0 Å². The van der Waals surface area contributed by atoms with Gasteiger partial charge in [0.2, 0.25) is 12.6 Å². The average molecular weight is 210 g/mol. The van der Waals surface area contributed by atoms with E-state index in [1.54, 1.807) is 0 Å². The minimum Gasteiger partial charge on any atom is -0.198 e. The van der Waals surface area contributed by atoms with Gasteiger partial charge in [-0.3, -0.25) is 0 Å². The summed E-state index contributed by atoms with van der Waals surface area (Å²) in [4.78, 5) is 20.3. The molecule has 1 saturated heterocycles. The van der Waals surface area contributed by atoms with Crippen molar-refractivity contribution in [3.05, 3.63) is 35.9 Å². The molecule has 1 aromatic rings. The van der Waals surface area contributed by atoms with Crippen molar-refractivity contribution >= 4 is 0 Å². The quantitative estimate of drug-likeness (QED) is 0.703. The van der Waals surface area contributed by atoms with E-state index in [0.29, 0.717) is 0 Å². The molecule has 1 aromatic carbocycles. The second-order valence-corrected chi connectivity index (χ2v) is 3.74. The summed E-state index contributed by atoms with van der Waals surface area (Å²) >= 11 is 0. The van der Waals surface area contributed by atoms with Gasteiger partial charge in [-0.1, -0.05) is 44.2 Å². The van der Waals surface area contributed by atoms with Gasteiger partial charge in [-0.05, 0) is 0 Å². The van der Waals surface area contributed by atoms with Gasteiger partial charge in [0.1, 0.15) is 0 Å². The first-order valence-corrected chi connectivity index (χ1v) is 4.96. The molecule has 2 rings (SSSR count). The van der Waals surface area contributed by atoms with Crippen molar-refractivity contribution in [1.82, 2.24) is 0 Å². The summed E-state index contributed by atoms with van der Waals surface area (Å²) in [6.07, 6.45) is -1.08. The highest BCUT2D eigenvalue weighted by Crippen LogP contribution is 2.27. The predicted molar refractivity (Wildman–Crippen MR) is 52.1 cm³/mol. The van der Waals surface area contributed by atoms with E-state index >= 15 is 0 Å². The molecule has 0 atom stereocenters. The van der Waals surface area contributed by atoms with E-state index in [9.17, 15) is 0 Å². The van der Waals surface area contributed by atoms with Crippen LogP contribution in [-0.4, -0.2) is 6.29 Å². The van der Waals surface area contributed by atoms with E-state index in [1.807, 2.05) is 44.2 Å². The average Bonchev–Trinajstić information content (AvgIpc) is 2.30. The zero-order valence-electron chi connectivity index (χ0n) is 8.75. The molecule has 0 unspecified atom stereocenters. The zero-order valence-corrected chi connectivity index (χ0v) is 8.75. The van der Waals surface area contributed by atoms with Gasteiger partial charge in [-0.15, -0.1) is 0 Å². The van der Waals surface area contributed by atoms with Crippen LogP contribution in [0, 0.1) is 5.92 Å². The molecule has 0 spiro atoms. The molecule has 15 heavy (non-hydrogen) atoms. The molecule has 0 aliphatic carbocycles. The summed E-state index contributed by atoms with van der Waals surface area (Å²) < 4.78 is 0. The minimum atomic E-state index is -0.610. The van der Waals surface area contributed by atoms with Crippen LogP contribution in [0.5, 0.6) is 0 Å². The van der Waals surface area contributed by atoms with Gasteiger partial charge >= 0.3 is 0 Å². The topological polar surface area (TPSA) is 36.9 Å². The van der Waals surface area contributed by atoms with Crippen LogP contribution in [0.25, 0.3) is 0 Å². The maximum absolute atomic E-state index is 5.09. The highest BCUT2D eigenvalue weighted by atomic mass is 17.4. The molecule has 1 aliphatic heterocycles. The first-order chi connectivity index (χ1) is 7.27. The first-order valence-electron chi connectivity index (χ1n) is 4.96. The van der Waals surface area contributed by atoms with Crippen molar-refractivity contribution < 1.29 is 19.6 Å². The predicted octanol–water partition coefficient (Wildman–Crippen LogP) is 2.58. The summed E-state index contributed by atoms with van der Waals surface area (Å²) in [5, 5.41) is 0. The third-order valence-corrected chi connectivity index (χ3v) is 2.09. The fourth-order valence-corrected chi connectivity index (χ4v) is 1.19. The lowest BCUT2D eigenvalue weighted by Crippen LogP contribution is -2.31. The highest BCUT2D eigenvalue weighted by molar-refractivity contribution is 5.15. The van der Waals surface area contributed by atoms with Crippen LogP contribution in [0.1, 0.15) is 25.7 Å². The zero-order chi connectivity index (χ0) is 10.7. The van der Waals surface area contributed by atoms with Gasteiger partial charge in [0, 0.05) is 11.5 Å². The Hall–Kier alpha value is -0.940. The third-order valence-electron chi connectivity index (χ3n) is 2.09. The fraction of sp³-hybridized carbons (Fsp3) is 0.455. The van der Waals surface area contributed by atoms with Crippen LogP contribution >= 0.6 is 0 Å². The van der Waals surface area contributed by atoms with E-state index in [1.165, 1.54) is 0 Å². The summed E-state index contributed by atoms with van der Waals surface area (Å²) in [7, 11) is 0. The van der Waals surface area contributed by atoms with Crippen molar-refractivity contribution in [2.24, 2.45) is 5.92 Å². The minimum absolute atomic E-state index is 0.182. The van der Waals surface area contributed by atoms with E-state index in [4.69, 9.17) is 19.6 Å². The second kappa shape index (κ2) is 4.72. The Morgan fingerprint density at radius 1 is 0.933 bits per heavy atom. The van der Waals surface area contributed by atoms with Crippen LogP contribution in [0.3, 0.4) is 0 Å². The normalized spacial score (nSPS) is 26.9. The third kappa shape index (κ3) is 2.54. The van der Waals surface area contributed by atoms with Gasteiger partial charge in [0.15, 0.2) is 0 Å². The van der Waals surface area contributed by atoms with Crippen molar-refractivity contribution in [3.63, 3.8) is 0 Å². The lowest BCUT2D eigenvalue weighted by Gasteiger charge is -2.28. The van der Waals surface area contributed by atoms with Crippen molar-refractivity contribution in [1.29, 1.82) is 0 Å². The van der Waals surface area contributed by atoms with E-state index in [-0.39, 0.29) is 5.92 Å². The molecule has 4 heteroatoms. The van der Waals surface area contributed by atoms with E-state index < -0.39 is 12.6 Å². The monoisotopic (exact) mass is 210 g/mol. The Balaban J connectivity index is 1.94. The molecular weight excluding hydrogens is 196 g/mol. The Labute approximate surface area is 88.6 Å². The Morgan fingerprint density at radius 3 is 2.07 bits per heavy atom. The molecule has 1 aliphatic rings. The second-order valence-electron chi connectivity index (χ2n) is 3.74. The maximum Gasteiger partial charge on any atom is 0.249 e. The molecule has 1 fully saturated rings. The molecule has 1 heterocycles. The Kier molecular flexibility index (Phi) is 3.33. The Morgan fingerprint density at radius 2 is 1.53 bits per heavy atom. The molecule has 4 nitrogen and oxygen atoms in total. The van der Waals surface area contributed by atoms with Crippen molar-refractivity contribution in [2.45, 2.75) is 26.4 Å².